The number of ether oxygens (including phenoxy) is 1. The molecule has 7 heteroatoms. The molecule has 7 nitrogen and oxygen atoms in total. The van der Waals surface area contributed by atoms with Crippen molar-refractivity contribution in [2.24, 2.45) is 10.9 Å². The molecule has 1 heterocycles. The number of nitrogens with zero attached hydrogens (tertiary/aromatic N) is 2. The standard InChI is InChI=1S/C22H37N5O2/c1-17(2)14-20(27-10-12-29-13-11-27)16-26-22(24-4)25-9-8-18-6-5-7-19(15-18)21(28)23-3/h5-7,15,17,20H,8-14,16H2,1-4H3,(H,23,28)(H2,24,25,26). The van der Waals surface area contributed by atoms with Gasteiger partial charge in [0.25, 0.3) is 5.91 Å². The maximum absolute atomic E-state index is 11.8. The van der Waals surface area contributed by atoms with Gasteiger partial charge in [0.05, 0.1) is 13.2 Å². The lowest BCUT2D eigenvalue weighted by molar-refractivity contribution is 0.0132. The molecule has 1 aromatic rings. The molecule has 1 fully saturated rings. The van der Waals surface area contributed by atoms with Crippen LogP contribution in [-0.4, -0.2) is 76.3 Å². The average Bonchev–Trinajstić information content (AvgIpc) is 2.75. The van der Waals surface area contributed by atoms with E-state index >= 15 is 0 Å². The van der Waals surface area contributed by atoms with E-state index in [1.165, 1.54) is 0 Å². The minimum atomic E-state index is -0.0587. The first kappa shape index (κ1) is 23.2. The summed E-state index contributed by atoms with van der Waals surface area (Å²) in [5.41, 5.74) is 1.81. The lowest BCUT2D eigenvalue weighted by Gasteiger charge is -2.35. The van der Waals surface area contributed by atoms with Gasteiger partial charge in [-0.05, 0) is 36.5 Å². The largest absolute Gasteiger partial charge is 0.379 e. The van der Waals surface area contributed by atoms with E-state index in [0.29, 0.717) is 17.5 Å². The second-order valence-corrected chi connectivity index (χ2v) is 7.84. The number of hydrogen-bond donors (Lipinski definition) is 3. The Morgan fingerprint density at radius 3 is 2.66 bits per heavy atom. The van der Waals surface area contributed by atoms with Crippen LogP contribution in [0, 0.1) is 5.92 Å². The van der Waals surface area contributed by atoms with Crippen molar-refractivity contribution in [3.05, 3.63) is 35.4 Å². The number of amides is 1. The van der Waals surface area contributed by atoms with Crippen molar-refractivity contribution >= 4 is 11.9 Å². The highest BCUT2D eigenvalue weighted by molar-refractivity contribution is 5.94. The minimum Gasteiger partial charge on any atom is -0.379 e. The fourth-order valence-electron chi connectivity index (χ4n) is 3.62. The molecule has 2 rings (SSSR count). The average molecular weight is 404 g/mol. The number of hydrogen-bond acceptors (Lipinski definition) is 4. The summed E-state index contributed by atoms with van der Waals surface area (Å²) in [6.07, 6.45) is 1.97. The zero-order chi connectivity index (χ0) is 21.1. The second kappa shape index (κ2) is 12.4. The third-order valence-corrected chi connectivity index (χ3v) is 5.16. The first-order valence-electron chi connectivity index (χ1n) is 10.6. The van der Waals surface area contributed by atoms with Crippen LogP contribution >= 0.6 is 0 Å². The van der Waals surface area contributed by atoms with Crippen LogP contribution in [0.4, 0.5) is 0 Å². The zero-order valence-corrected chi connectivity index (χ0v) is 18.3. The van der Waals surface area contributed by atoms with Gasteiger partial charge in [-0.3, -0.25) is 14.7 Å². The van der Waals surface area contributed by atoms with Gasteiger partial charge in [-0.2, -0.15) is 0 Å². The molecule has 3 N–H and O–H groups in total. The van der Waals surface area contributed by atoms with Crippen molar-refractivity contribution in [3.8, 4) is 0 Å². The fraction of sp³-hybridized carbons (Fsp3) is 0.636. The summed E-state index contributed by atoms with van der Waals surface area (Å²) in [5, 5.41) is 9.54. The Hall–Kier alpha value is -2.12. The highest BCUT2D eigenvalue weighted by Gasteiger charge is 2.22. The molecule has 1 amide bonds. The number of carbonyl (C=O) groups excluding carboxylic acids is 1. The van der Waals surface area contributed by atoms with Crippen LogP contribution in [-0.2, 0) is 11.2 Å². The van der Waals surface area contributed by atoms with Crippen LogP contribution in [0.1, 0.15) is 36.2 Å². The number of aliphatic imine (C=N–C) groups is 1. The molecule has 0 aliphatic carbocycles. The van der Waals surface area contributed by atoms with Crippen LogP contribution in [0.15, 0.2) is 29.3 Å². The Morgan fingerprint density at radius 1 is 1.24 bits per heavy atom. The summed E-state index contributed by atoms with van der Waals surface area (Å²) in [5.74, 6) is 1.40. The third kappa shape index (κ3) is 8.03. The van der Waals surface area contributed by atoms with Crippen LogP contribution in [0.2, 0.25) is 0 Å². The molecule has 0 bridgehead atoms. The maximum Gasteiger partial charge on any atom is 0.251 e. The summed E-state index contributed by atoms with van der Waals surface area (Å²) in [7, 11) is 3.45. The lowest BCUT2D eigenvalue weighted by Crippen LogP contribution is -2.51. The number of nitrogens with one attached hydrogen (secondary N) is 3. The normalized spacial score (nSPS) is 16.5. The van der Waals surface area contributed by atoms with Crippen LogP contribution in [0.5, 0.6) is 0 Å². The number of guanidine groups is 1. The molecule has 0 spiro atoms. The van der Waals surface area contributed by atoms with E-state index in [4.69, 9.17) is 4.74 Å². The molecule has 1 aliphatic rings. The number of benzene rings is 1. The quantitative estimate of drug-likeness (QED) is 0.430. The molecule has 1 aromatic carbocycles. The molecule has 0 aromatic heterocycles. The molecule has 1 saturated heterocycles. The summed E-state index contributed by atoms with van der Waals surface area (Å²) in [6, 6.07) is 8.21. The van der Waals surface area contributed by atoms with Crippen LogP contribution in [0.25, 0.3) is 0 Å². The molecule has 29 heavy (non-hydrogen) atoms. The van der Waals surface area contributed by atoms with Gasteiger partial charge in [-0.25, -0.2) is 0 Å². The molecule has 1 atom stereocenters. The smallest absolute Gasteiger partial charge is 0.251 e. The van der Waals surface area contributed by atoms with Gasteiger partial charge in [-0.1, -0.05) is 26.0 Å². The summed E-state index contributed by atoms with van der Waals surface area (Å²) in [4.78, 5) is 18.7. The highest BCUT2D eigenvalue weighted by Crippen LogP contribution is 2.13. The Morgan fingerprint density at radius 2 is 2.00 bits per heavy atom. The van der Waals surface area contributed by atoms with Gasteiger partial charge in [-0.15, -0.1) is 0 Å². The van der Waals surface area contributed by atoms with Crippen molar-refractivity contribution in [1.29, 1.82) is 0 Å². The Labute approximate surface area is 175 Å². The Bertz CT molecular complexity index is 656. The predicted molar refractivity (Wildman–Crippen MR) is 119 cm³/mol. The van der Waals surface area contributed by atoms with Crippen molar-refractivity contribution in [2.45, 2.75) is 32.7 Å². The van der Waals surface area contributed by atoms with E-state index < -0.39 is 0 Å². The van der Waals surface area contributed by atoms with Crippen molar-refractivity contribution in [3.63, 3.8) is 0 Å². The molecular formula is C22H37N5O2. The zero-order valence-electron chi connectivity index (χ0n) is 18.3. The number of carbonyl (C=O) groups is 1. The van der Waals surface area contributed by atoms with Gasteiger partial charge in [0.2, 0.25) is 0 Å². The van der Waals surface area contributed by atoms with E-state index in [-0.39, 0.29) is 5.91 Å². The molecule has 162 valence electrons. The molecule has 0 saturated carbocycles. The first-order chi connectivity index (χ1) is 14.0. The first-order valence-corrected chi connectivity index (χ1v) is 10.6. The van der Waals surface area contributed by atoms with E-state index in [9.17, 15) is 4.79 Å². The van der Waals surface area contributed by atoms with Gasteiger partial charge in [0.1, 0.15) is 0 Å². The number of morpholine rings is 1. The number of rotatable bonds is 9. The van der Waals surface area contributed by atoms with E-state index in [0.717, 1.165) is 63.8 Å². The van der Waals surface area contributed by atoms with E-state index in [1.54, 1.807) is 14.1 Å². The van der Waals surface area contributed by atoms with Crippen molar-refractivity contribution in [2.75, 3.05) is 53.5 Å². The molecule has 1 unspecified atom stereocenters. The van der Waals surface area contributed by atoms with Crippen LogP contribution in [0.3, 0.4) is 0 Å². The van der Waals surface area contributed by atoms with Crippen molar-refractivity contribution < 1.29 is 9.53 Å². The lowest BCUT2D eigenvalue weighted by atomic mass is 10.0. The second-order valence-electron chi connectivity index (χ2n) is 7.84. The highest BCUT2D eigenvalue weighted by atomic mass is 16.5. The van der Waals surface area contributed by atoms with E-state index in [2.05, 4.69) is 39.7 Å². The fourth-order valence-corrected chi connectivity index (χ4v) is 3.62. The predicted octanol–water partition coefficient (Wildman–Crippen LogP) is 1.50. The van der Waals surface area contributed by atoms with Crippen LogP contribution < -0.4 is 16.0 Å². The topological polar surface area (TPSA) is 78.0 Å². The summed E-state index contributed by atoms with van der Waals surface area (Å²) in [6.45, 7) is 9.78. The van der Waals surface area contributed by atoms with Gasteiger partial charge in [0, 0.05) is 51.9 Å². The maximum atomic E-state index is 11.8. The monoisotopic (exact) mass is 403 g/mol. The van der Waals surface area contributed by atoms with E-state index in [1.807, 2.05) is 24.3 Å². The van der Waals surface area contributed by atoms with Crippen molar-refractivity contribution in [1.82, 2.24) is 20.9 Å². The SMILES string of the molecule is CN=C(NCCc1cccc(C(=O)NC)c1)NCC(CC(C)C)N1CCOCC1. The third-order valence-electron chi connectivity index (χ3n) is 5.16. The minimum absolute atomic E-state index is 0.0587. The van der Waals surface area contributed by atoms with Gasteiger partial charge < -0.3 is 20.7 Å². The Kier molecular flexibility index (Phi) is 9.94. The molecular weight excluding hydrogens is 366 g/mol. The van der Waals surface area contributed by atoms with Gasteiger partial charge >= 0.3 is 0 Å². The summed E-state index contributed by atoms with van der Waals surface area (Å²) >= 11 is 0. The molecule has 1 aliphatic heterocycles. The van der Waals surface area contributed by atoms with Gasteiger partial charge in [0.15, 0.2) is 5.96 Å². The Balaban J connectivity index is 1.82. The molecule has 0 radical (unpaired) electrons. The summed E-state index contributed by atoms with van der Waals surface area (Å²) < 4.78 is 5.50.